The van der Waals surface area contributed by atoms with Crippen LogP contribution < -0.4 is 10.1 Å². The third-order valence-corrected chi connectivity index (χ3v) is 5.23. The first-order valence-corrected chi connectivity index (χ1v) is 9.62. The lowest BCUT2D eigenvalue weighted by molar-refractivity contribution is -0.118. The van der Waals surface area contributed by atoms with Crippen molar-refractivity contribution in [3.63, 3.8) is 0 Å². The van der Waals surface area contributed by atoms with Gasteiger partial charge in [0.05, 0.1) is 10.9 Å². The number of ketones is 1. The summed E-state index contributed by atoms with van der Waals surface area (Å²) in [6.07, 6.45) is 0. The highest BCUT2D eigenvalue weighted by molar-refractivity contribution is 8.00. The Balaban J connectivity index is 1.47. The summed E-state index contributed by atoms with van der Waals surface area (Å²) in [5.41, 5.74) is 1.69. The summed E-state index contributed by atoms with van der Waals surface area (Å²) in [5.74, 6) is 0.521. The summed E-state index contributed by atoms with van der Waals surface area (Å²) in [5, 5.41) is 11.1. The molecule has 0 unspecified atom stereocenters. The van der Waals surface area contributed by atoms with Crippen LogP contribution in [-0.2, 0) is 4.79 Å². The van der Waals surface area contributed by atoms with Gasteiger partial charge in [0.2, 0.25) is 5.89 Å². The molecule has 1 amide bonds. The molecule has 0 bridgehead atoms. The molecule has 1 N–H and O–H groups in total. The summed E-state index contributed by atoms with van der Waals surface area (Å²) in [4.78, 5) is 24.2. The quantitative estimate of drug-likeness (QED) is 0.495. The van der Waals surface area contributed by atoms with Crippen LogP contribution in [0.5, 0.6) is 5.75 Å². The summed E-state index contributed by atoms with van der Waals surface area (Å²) in [7, 11) is 0. The summed E-state index contributed by atoms with van der Waals surface area (Å²) in [6, 6.07) is 12.0. The van der Waals surface area contributed by atoms with Crippen molar-refractivity contribution >= 4 is 40.7 Å². The maximum absolute atomic E-state index is 12.8. The smallest absolute Gasteiger partial charge is 0.277 e. The summed E-state index contributed by atoms with van der Waals surface area (Å²) >= 11 is 7.05. The van der Waals surface area contributed by atoms with Gasteiger partial charge in [0.25, 0.3) is 11.1 Å². The van der Waals surface area contributed by atoms with Crippen LogP contribution in [-0.4, -0.2) is 33.7 Å². The number of Topliss-reactive ketones (excluding diaryl/α,β-unsaturated/α-hetero) is 1. The minimum absolute atomic E-state index is 0.0281. The molecule has 0 aliphatic carbocycles. The summed E-state index contributed by atoms with van der Waals surface area (Å²) in [6.45, 7) is 1.73. The van der Waals surface area contributed by atoms with E-state index in [9.17, 15) is 9.59 Å². The number of hydrogen-bond acceptors (Lipinski definition) is 7. The molecule has 0 spiro atoms. The Hall–Kier alpha value is -2.84. The molecule has 7 nitrogen and oxygen atoms in total. The van der Waals surface area contributed by atoms with Crippen LogP contribution in [0.25, 0.3) is 11.5 Å². The van der Waals surface area contributed by atoms with Gasteiger partial charge in [-0.15, -0.1) is 10.2 Å². The molecular weight excluding hydrogens is 402 g/mol. The number of amides is 1. The molecule has 0 fully saturated rings. The lowest BCUT2D eigenvalue weighted by Crippen LogP contribution is -2.25. The number of carbonyl (C=O) groups excluding carboxylic acids is 2. The van der Waals surface area contributed by atoms with E-state index in [-0.39, 0.29) is 18.3 Å². The molecule has 28 heavy (non-hydrogen) atoms. The van der Waals surface area contributed by atoms with E-state index >= 15 is 0 Å². The number of carbonyl (C=O) groups is 2. The van der Waals surface area contributed by atoms with Gasteiger partial charge in [0.1, 0.15) is 5.75 Å². The predicted molar refractivity (Wildman–Crippen MR) is 105 cm³/mol. The molecule has 1 aromatic heterocycles. The second kappa shape index (κ2) is 7.65. The zero-order valence-corrected chi connectivity index (χ0v) is 16.2. The topological polar surface area (TPSA) is 94.3 Å². The maximum atomic E-state index is 12.8. The molecule has 2 aromatic carbocycles. The van der Waals surface area contributed by atoms with Crippen LogP contribution in [0.1, 0.15) is 17.3 Å². The number of thioether (sulfide) groups is 1. The molecule has 9 heteroatoms. The highest BCUT2D eigenvalue weighted by atomic mass is 35.5. The van der Waals surface area contributed by atoms with Gasteiger partial charge >= 0.3 is 0 Å². The second-order valence-electron chi connectivity index (χ2n) is 6.05. The largest absolute Gasteiger partial charge is 0.482 e. The van der Waals surface area contributed by atoms with Gasteiger partial charge in [0, 0.05) is 16.1 Å². The number of halogens is 1. The van der Waals surface area contributed by atoms with Crippen molar-refractivity contribution in [1.82, 2.24) is 10.2 Å². The van der Waals surface area contributed by atoms with Crippen molar-refractivity contribution in [2.45, 2.75) is 17.4 Å². The monoisotopic (exact) mass is 415 g/mol. The lowest BCUT2D eigenvalue weighted by atomic mass is 10.1. The van der Waals surface area contributed by atoms with E-state index in [1.54, 1.807) is 49.4 Å². The van der Waals surface area contributed by atoms with Crippen LogP contribution in [0, 0.1) is 0 Å². The number of ether oxygens (including phenoxy) is 1. The van der Waals surface area contributed by atoms with Crippen molar-refractivity contribution in [2.24, 2.45) is 0 Å². The van der Waals surface area contributed by atoms with E-state index < -0.39 is 5.25 Å². The van der Waals surface area contributed by atoms with E-state index in [4.69, 9.17) is 20.8 Å². The van der Waals surface area contributed by atoms with E-state index in [1.807, 2.05) is 0 Å². The molecule has 0 saturated carbocycles. The average Bonchev–Trinajstić information content (AvgIpc) is 3.15. The SMILES string of the molecule is C[C@H](Sc1nnc(-c2ccc(Cl)cc2)o1)C(=O)c1ccc2c(c1)NC(=O)CO2. The van der Waals surface area contributed by atoms with Crippen molar-refractivity contribution in [3.05, 3.63) is 53.1 Å². The number of benzene rings is 2. The van der Waals surface area contributed by atoms with Gasteiger partial charge in [-0.3, -0.25) is 9.59 Å². The van der Waals surface area contributed by atoms with Crippen molar-refractivity contribution in [2.75, 3.05) is 11.9 Å². The molecule has 0 saturated heterocycles. The molecule has 2 heterocycles. The number of hydrogen-bond donors (Lipinski definition) is 1. The fourth-order valence-corrected chi connectivity index (χ4v) is 3.53. The Bertz CT molecular complexity index is 1050. The fraction of sp³-hybridized carbons (Fsp3) is 0.158. The number of rotatable bonds is 5. The van der Waals surface area contributed by atoms with Crippen LogP contribution in [0.2, 0.25) is 5.02 Å². The Morgan fingerprint density at radius 1 is 1.21 bits per heavy atom. The molecule has 0 radical (unpaired) electrons. The van der Waals surface area contributed by atoms with Gasteiger partial charge in [-0.25, -0.2) is 0 Å². The first-order chi connectivity index (χ1) is 13.5. The lowest BCUT2D eigenvalue weighted by Gasteiger charge is -2.18. The zero-order chi connectivity index (χ0) is 19.7. The highest BCUT2D eigenvalue weighted by Gasteiger charge is 2.23. The number of fused-ring (bicyclic) bond motifs is 1. The van der Waals surface area contributed by atoms with E-state index in [0.717, 1.165) is 5.56 Å². The number of anilines is 1. The minimum Gasteiger partial charge on any atom is -0.482 e. The third kappa shape index (κ3) is 3.88. The van der Waals surface area contributed by atoms with Crippen LogP contribution in [0.3, 0.4) is 0 Å². The normalized spacial score (nSPS) is 14.0. The number of aromatic nitrogens is 2. The van der Waals surface area contributed by atoms with Crippen LogP contribution in [0.4, 0.5) is 5.69 Å². The Morgan fingerprint density at radius 3 is 2.79 bits per heavy atom. The molecule has 142 valence electrons. The third-order valence-electron chi connectivity index (χ3n) is 4.04. The Morgan fingerprint density at radius 2 is 2.00 bits per heavy atom. The fourth-order valence-electron chi connectivity index (χ4n) is 2.64. The molecule has 3 aromatic rings. The van der Waals surface area contributed by atoms with Gasteiger partial charge in [0.15, 0.2) is 12.4 Å². The van der Waals surface area contributed by atoms with Gasteiger partial charge < -0.3 is 14.5 Å². The van der Waals surface area contributed by atoms with Crippen LogP contribution in [0.15, 0.2) is 52.1 Å². The first kappa shape index (κ1) is 18.5. The molecule has 1 aliphatic rings. The minimum atomic E-state index is -0.461. The molecular formula is C19H14ClN3O4S. The molecule has 1 atom stereocenters. The van der Waals surface area contributed by atoms with Crippen LogP contribution >= 0.6 is 23.4 Å². The molecule has 1 aliphatic heterocycles. The van der Waals surface area contributed by atoms with Crippen molar-refractivity contribution in [1.29, 1.82) is 0 Å². The first-order valence-electron chi connectivity index (χ1n) is 8.36. The predicted octanol–water partition coefficient (Wildman–Crippen LogP) is 4.08. The van der Waals surface area contributed by atoms with E-state index in [1.165, 1.54) is 11.8 Å². The van der Waals surface area contributed by atoms with Gasteiger partial charge in [-0.2, -0.15) is 0 Å². The second-order valence-corrected chi connectivity index (χ2v) is 7.78. The Labute approximate surface area is 169 Å². The zero-order valence-electron chi connectivity index (χ0n) is 14.6. The number of nitrogens with one attached hydrogen (secondary N) is 1. The summed E-state index contributed by atoms with van der Waals surface area (Å²) < 4.78 is 10.9. The van der Waals surface area contributed by atoms with Gasteiger partial charge in [-0.1, -0.05) is 23.4 Å². The maximum Gasteiger partial charge on any atom is 0.277 e. The molecule has 4 rings (SSSR count). The number of nitrogens with zero attached hydrogens (tertiary/aromatic N) is 2. The highest BCUT2D eigenvalue weighted by Crippen LogP contribution is 2.32. The Kier molecular flexibility index (Phi) is 5.06. The van der Waals surface area contributed by atoms with Crippen molar-refractivity contribution in [3.8, 4) is 17.2 Å². The van der Waals surface area contributed by atoms with Gasteiger partial charge in [-0.05, 0) is 49.4 Å². The average molecular weight is 416 g/mol. The standard InChI is InChI=1S/C19H14ClN3O4S/c1-10(17(25)12-4-7-15-14(8-12)21-16(24)9-26-15)28-19-23-22-18(27-19)11-2-5-13(20)6-3-11/h2-8,10H,9H2,1H3,(H,21,24)/t10-/m0/s1. The van der Waals surface area contributed by atoms with E-state index in [2.05, 4.69) is 15.5 Å². The van der Waals surface area contributed by atoms with Crippen molar-refractivity contribution < 1.29 is 18.7 Å². The van der Waals surface area contributed by atoms with E-state index in [0.29, 0.717) is 33.1 Å².